The van der Waals surface area contributed by atoms with Crippen LogP contribution in [0.3, 0.4) is 0 Å². The van der Waals surface area contributed by atoms with Gasteiger partial charge in [-0.25, -0.2) is 10.8 Å². The average molecular weight is 305 g/mol. The molecule has 13 heavy (non-hydrogen) atoms. The number of rotatable bonds is 1. The molecule has 68 valence electrons. The summed E-state index contributed by atoms with van der Waals surface area (Å²) in [6.07, 6.45) is 0. The van der Waals surface area contributed by atoms with Gasteiger partial charge in [0.15, 0.2) is 5.13 Å². The van der Waals surface area contributed by atoms with E-state index in [0.717, 1.165) is 10.6 Å². The van der Waals surface area contributed by atoms with Crippen molar-refractivity contribution in [2.24, 2.45) is 5.84 Å². The first-order valence-corrected chi connectivity index (χ1v) is 5.63. The molecule has 5 heteroatoms. The number of aromatic nitrogens is 1. The summed E-state index contributed by atoms with van der Waals surface area (Å²) in [6, 6.07) is 4.23. The van der Waals surface area contributed by atoms with E-state index in [-0.39, 0.29) is 0 Å². The lowest BCUT2D eigenvalue weighted by Crippen LogP contribution is -2.05. The average Bonchev–Trinajstić information content (AvgIpc) is 2.47. The minimum Gasteiger partial charge on any atom is -0.300 e. The molecule has 1 aromatic heterocycles. The van der Waals surface area contributed by atoms with Gasteiger partial charge in [-0.2, -0.15) is 0 Å². The van der Waals surface area contributed by atoms with Crippen LogP contribution in [0.15, 0.2) is 12.1 Å². The number of aryl methyl sites for hydroxylation is 1. The lowest BCUT2D eigenvalue weighted by atomic mass is 10.2. The van der Waals surface area contributed by atoms with Gasteiger partial charge in [0.25, 0.3) is 0 Å². The molecule has 0 saturated heterocycles. The SMILES string of the molecule is Cc1cc(I)cc2sc(NN)nc12. The van der Waals surface area contributed by atoms with Gasteiger partial charge in [0.05, 0.1) is 10.2 Å². The van der Waals surface area contributed by atoms with Gasteiger partial charge in [-0.1, -0.05) is 11.3 Å². The Hall–Kier alpha value is -0.400. The maximum atomic E-state index is 5.30. The molecule has 0 atom stereocenters. The van der Waals surface area contributed by atoms with E-state index in [1.165, 1.54) is 13.8 Å². The van der Waals surface area contributed by atoms with Gasteiger partial charge < -0.3 is 0 Å². The standard InChI is InChI=1S/C8H8IN3S/c1-4-2-5(9)3-6-7(4)11-8(12-10)13-6/h2-3H,10H2,1H3,(H,11,12). The fraction of sp³-hybridized carbons (Fsp3) is 0.125. The molecule has 0 unspecified atom stereocenters. The second-order valence-electron chi connectivity index (χ2n) is 2.73. The Morgan fingerprint density at radius 3 is 3.00 bits per heavy atom. The third-order valence-electron chi connectivity index (χ3n) is 1.77. The van der Waals surface area contributed by atoms with E-state index in [0.29, 0.717) is 0 Å². The first-order chi connectivity index (χ1) is 6.20. The van der Waals surface area contributed by atoms with Crippen LogP contribution in [0.25, 0.3) is 10.2 Å². The minimum absolute atomic E-state index is 0.764. The first kappa shape index (κ1) is 9.17. The number of hydrazine groups is 1. The van der Waals surface area contributed by atoms with Crippen molar-refractivity contribution >= 4 is 49.3 Å². The molecular formula is C8H8IN3S. The molecule has 0 spiro atoms. The molecule has 0 radical (unpaired) electrons. The number of benzene rings is 1. The highest BCUT2D eigenvalue weighted by Gasteiger charge is 2.05. The van der Waals surface area contributed by atoms with Gasteiger partial charge in [-0.05, 0) is 47.2 Å². The second kappa shape index (κ2) is 3.39. The maximum absolute atomic E-state index is 5.30. The smallest absolute Gasteiger partial charge is 0.198 e. The Bertz CT molecular complexity index is 452. The Balaban J connectivity index is 2.75. The van der Waals surface area contributed by atoms with Crippen molar-refractivity contribution in [2.75, 3.05) is 5.43 Å². The first-order valence-electron chi connectivity index (χ1n) is 3.74. The fourth-order valence-corrected chi connectivity index (χ4v) is 3.10. The van der Waals surface area contributed by atoms with E-state index in [4.69, 9.17) is 5.84 Å². The summed E-state index contributed by atoms with van der Waals surface area (Å²) in [6.45, 7) is 2.06. The molecule has 1 heterocycles. The largest absolute Gasteiger partial charge is 0.300 e. The summed E-state index contributed by atoms with van der Waals surface area (Å²) in [5.41, 5.74) is 4.80. The van der Waals surface area contributed by atoms with E-state index >= 15 is 0 Å². The second-order valence-corrected chi connectivity index (χ2v) is 5.01. The summed E-state index contributed by atoms with van der Waals surface area (Å²) < 4.78 is 2.41. The van der Waals surface area contributed by atoms with Gasteiger partial charge in [0.2, 0.25) is 0 Å². The molecule has 3 N–H and O–H groups in total. The quantitative estimate of drug-likeness (QED) is 0.483. The van der Waals surface area contributed by atoms with Crippen LogP contribution in [0, 0.1) is 10.5 Å². The molecule has 0 fully saturated rings. The van der Waals surface area contributed by atoms with E-state index in [1.54, 1.807) is 11.3 Å². The van der Waals surface area contributed by atoms with Crippen molar-refractivity contribution in [1.29, 1.82) is 0 Å². The molecule has 0 aliphatic carbocycles. The van der Waals surface area contributed by atoms with Crippen LogP contribution in [-0.4, -0.2) is 4.98 Å². The van der Waals surface area contributed by atoms with Crippen molar-refractivity contribution in [3.8, 4) is 0 Å². The number of thiazole rings is 1. The van der Waals surface area contributed by atoms with Crippen LogP contribution in [0.1, 0.15) is 5.56 Å². The summed E-state index contributed by atoms with van der Waals surface area (Å²) >= 11 is 3.88. The molecule has 1 aromatic carbocycles. The minimum atomic E-state index is 0.764. The van der Waals surface area contributed by atoms with Crippen LogP contribution >= 0.6 is 33.9 Å². The van der Waals surface area contributed by atoms with E-state index < -0.39 is 0 Å². The molecular weight excluding hydrogens is 297 g/mol. The zero-order valence-electron chi connectivity index (χ0n) is 6.97. The van der Waals surface area contributed by atoms with Crippen LogP contribution in [0.4, 0.5) is 5.13 Å². The fourth-order valence-electron chi connectivity index (χ4n) is 1.22. The highest BCUT2D eigenvalue weighted by atomic mass is 127. The van der Waals surface area contributed by atoms with E-state index in [1.807, 2.05) is 0 Å². The van der Waals surface area contributed by atoms with Crippen LogP contribution in [0.2, 0.25) is 0 Å². The Morgan fingerprint density at radius 1 is 1.54 bits per heavy atom. The van der Waals surface area contributed by atoms with Crippen molar-refractivity contribution in [3.05, 3.63) is 21.3 Å². The van der Waals surface area contributed by atoms with E-state index in [9.17, 15) is 0 Å². The number of nitrogen functional groups attached to an aromatic ring is 1. The summed E-state index contributed by atoms with van der Waals surface area (Å²) in [7, 11) is 0. The number of fused-ring (bicyclic) bond motifs is 1. The van der Waals surface area contributed by atoms with Crippen molar-refractivity contribution in [2.45, 2.75) is 6.92 Å². The highest BCUT2D eigenvalue weighted by Crippen LogP contribution is 2.29. The molecule has 0 amide bonds. The lowest BCUT2D eigenvalue weighted by molar-refractivity contribution is 1.30. The van der Waals surface area contributed by atoms with Crippen LogP contribution in [-0.2, 0) is 0 Å². The van der Waals surface area contributed by atoms with Gasteiger partial charge in [-0.15, -0.1) is 0 Å². The number of nitrogens with two attached hydrogens (primary N) is 1. The van der Waals surface area contributed by atoms with Crippen molar-refractivity contribution in [3.63, 3.8) is 0 Å². The predicted molar refractivity (Wildman–Crippen MR) is 64.9 cm³/mol. The molecule has 2 aromatic rings. The predicted octanol–water partition coefficient (Wildman–Crippen LogP) is 2.49. The Labute approximate surface area is 93.5 Å². The molecule has 3 nitrogen and oxygen atoms in total. The normalized spacial score (nSPS) is 10.7. The number of nitrogens with one attached hydrogen (secondary N) is 1. The Morgan fingerprint density at radius 2 is 2.31 bits per heavy atom. The summed E-state index contributed by atoms with van der Waals surface area (Å²) in [5, 5.41) is 0.764. The maximum Gasteiger partial charge on any atom is 0.198 e. The number of hydrogen-bond acceptors (Lipinski definition) is 4. The van der Waals surface area contributed by atoms with Crippen molar-refractivity contribution in [1.82, 2.24) is 4.98 Å². The Kier molecular flexibility index (Phi) is 2.39. The van der Waals surface area contributed by atoms with Gasteiger partial charge >= 0.3 is 0 Å². The van der Waals surface area contributed by atoms with Crippen molar-refractivity contribution < 1.29 is 0 Å². The molecule has 0 aliphatic rings. The summed E-state index contributed by atoms with van der Waals surface area (Å²) in [4.78, 5) is 4.35. The number of halogens is 1. The topological polar surface area (TPSA) is 50.9 Å². The zero-order chi connectivity index (χ0) is 9.42. The van der Waals surface area contributed by atoms with E-state index in [2.05, 4.69) is 52.1 Å². The van der Waals surface area contributed by atoms with Crippen LogP contribution < -0.4 is 11.3 Å². The number of anilines is 1. The number of hydrogen-bond donors (Lipinski definition) is 2. The highest BCUT2D eigenvalue weighted by molar-refractivity contribution is 14.1. The monoisotopic (exact) mass is 305 g/mol. The van der Waals surface area contributed by atoms with Gasteiger partial charge in [0, 0.05) is 3.57 Å². The van der Waals surface area contributed by atoms with Crippen LogP contribution in [0.5, 0.6) is 0 Å². The van der Waals surface area contributed by atoms with Gasteiger partial charge in [0.1, 0.15) is 0 Å². The van der Waals surface area contributed by atoms with Gasteiger partial charge in [-0.3, -0.25) is 5.43 Å². The third-order valence-corrected chi connectivity index (χ3v) is 3.33. The molecule has 0 aliphatic heterocycles. The molecule has 0 bridgehead atoms. The lowest BCUT2D eigenvalue weighted by Gasteiger charge is -1.94. The summed E-state index contributed by atoms with van der Waals surface area (Å²) in [5.74, 6) is 5.30. The molecule has 0 saturated carbocycles. The zero-order valence-corrected chi connectivity index (χ0v) is 9.94. The third kappa shape index (κ3) is 1.63. The number of nitrogens with zero attached hydrogens (tertiary/aromatic N) is 1. The molecule has 2 rings (SSSR count).